The van der Waals surface area contributed by atoms with Crippen molar-refractivity contribution in [3.05, 3.63) is 102 Å². The molecule has 262 valence electrons. The molecule has 0 fully saturated rings. The molecule has 0 atom stereocenters. The van der Waals surface area contributed by atoms with E-state index >= 15 is 0 Å². The molecule has 0 unspecified atom stereocenters. The Morgan fingerprint density at radius 1 is 0.667 bits per heavy atom. The lowest BCUT2D eigenvalue weighted by Crippen LogP contribution is -2.09. The smallest absolute Gasteiger partial charge is 0.343 e. The van der Waals surface area contributed by atoms with E-state index in [1.165, 1.54) is 0 Å². The van der Waals surface area contributed by atoms with Crippen molar-refractivity contribution in [2.75, 3.05) is 53.4 Å². The highest BCUT2D eigenvalue weighted by Crippen LogP contribution is 2.25. The number of unbranched alkanes of at least 4 members (excludes halogenated alkanes) is 3. The molecule has 3 aromatic rings. The molecule has 48 heavy (non-hydrogen) atoms. The van der Waals surface area contributed by atoms with Crippen molar-refractivity contribution in [3.63, 3.8) is 0 Å². The molecule has 0 spiro atoms. The molecule has 0 aliphatic rings. The second kappa shape index (κ2) is 24.4. The fourth-order valence-corrected chi connectivity index (χ4v) is 4.35. The Hall–Kier alpha value is -3.77. The van der Waals surface area contributed by atoms with Gasteiger partial charge in [-0.2, -0.15) is 4.89 Å². The Kier molecular flexibility index (Phi) is 19.6. The number of carbonyl (C=O) groups is 1. The molecular weight excluding hydrogens is 616 g/mol. The maximum Gasteiger partial charge on any atom is 0.343 e. The highest BCUT2D eigenvalue weighted by molar-refractivity contribution is 5.91. The number of esters is 1. The van der Waals surface area contributed by atoms with Crippen molar-refractivity contribution in [1.29, 1.82) is 0 Å². The number of aryl methyl sites for hydroxylation is 1. The molecule has 10 nitrogen and oxygen atoms in total. The molecule has 0 amide bonds. The van der Waals surface area contributed by atoms with E-state index in [4.69, 9.17) is 43.2 Å². The van der Waals surface area contributed by atoms with Gasteiger partial charge in [0.1, 0.15) is 24.7 Å². The summed E-state index contributed by atoms with van der Waals surface area (Å²) in [5.74, 6) is 1.32. The summed E-state index contributed by atoms with van der Waals surface area (Å²) in [7, 11) is 1.68. The van der Waals surface area contributed by atoms with Crippen LogP contribution in [0.2, 0.25) is 0 Å². The number of ether oxygens (including phenoxy) is 5. The minimum absolute atomic E-state index is 0.264. The first-order valence-electron chi connectivity index (χ1n) is 16.5. The van der Waals surface area contributed by atoms with Gasteiger partial charge in [-0.3, -0.25) is 0 Å². The summed E-state index contributed by atoms with van der Waals surface area (Å²) < 4.78 is 27.6. The third-order valence-electron chi connectivity index (χ3n) is 6.99. The van der Waals surface area contributed by atoms with Gasteiger partial charge in [-0.05, 0) is 98.2 Å². The largest absolute Gasteiger partial charge is 0.494 e. The predicted octanol–water partition coefficient (Wildman–Crippen LogP) is 7.76. The quantitative estimate of drug-likeness (QED) is 0.0200. The molecule has 10 heteroatoms. The summed E-state index contributed by atoms with van der Waals surface area (Å²) in [5, 5.41) is 0. The average molecular weight is 667 g/mol. The summed E-state index contributed by atoms with van der Waals surface area (Å²) in [6.07, 6.45) is 7.42. The molecule has 0 radical (unpaired) electrons. The fraction of sp³-hybridized carbons (Fsp3) is 0.447. The van der Waals surface area contributed by atoms with E-state index in [1.807, 2.05) is 43.3 Å². The normalized spacial score (nSPS) is 11.0. The lowest BCUT2D eigenvalue weighted by Gasteiger charge is -2.11. The number of benzene rings is 3. The minimum Gasteiger partial charge on any atom is -0.494 e. The van der Waals surface area contributed by atoms with Crippen molar-refractivity contribution in [1.82, 2.24) is 0 Å². The lowest BCUT2D eigenvalue weighted by atomic mass is 10.1. The Labute approximate surface area is 284 Å². The van der Waals surface area contributed by atoms with Gasteiger partial charge in [0.2, 0.25) is 0 Å². The molecular formula is C38H50O10. The van der Waals surface area contributed by atoms with Crippen LogP contribution >= 0.6 is 0 Å². The lowest BCUT2D eigenvalue weighted by molar-refractivity contribution is -0.286. The molecule has 0 saturated heterocycles. The van der Waals surface area contributed by atoms with Crippen LogP contribution in [0.4, 0.5) is 0 Å². The van der Waals surface area contributed by atoms with Crippen molar-refractivity contribution in [3.8, 4) is 17.2 Å². The highest BCUT2D eigenvalue weighted by Gasteiger charge is 2.11. The molecule has 0 aliphatic heterocycles. The molecule has 0 aromatic heterocycles. The first-order valence-corrected chi connectivity index (χ1v) is 16.5. The Morgan fingerprint density at radius 2 is 1.33 bits per heavy atom. The second-order valence-corrected chi connectivity index (χ2v) is 11.0. The van der Waals surface area contributed by atoms with E-state index in [0.717, 1.165) is 61.0 Å². The minimum atomic E-state index is -0.444. The van der Waals surface area contributed by atoms with Gasteiger partial charge in [0.05, 0.1) is 25.4 Å². The molecule has 0 N–H and O–H groups in total. The summed E-state index contributed by atoms with van der Waals surface area (Å²) >= 11 is 0. The number of hydrogen-bond acceptors (Lipinski definition) is 10. The van der Waals surface area contributed by atoms with Gasteiger partial charge in [-0.1, -0.05) is 36.8 Å². The standard InChI is InChI=1S/C38H50O10/c1-4-21-44-45-27-8-6-5-7-26-43-35-17-13-33(14-18-35)30-46-48-37-20-19-36(28-31(37)2)47-38(39)34-15-11-32(12-16-34)29-42-25-10-24-41-23-9-22-40-3/h4,11-20,28H,1,5-10,21-27,29-30H2,2-3H3. The zero-order valence-corrected chi connectivity index (χ0v) is 28.3. The molecule has 0 heterocycles. The number of hydrogen-bond donors (Lipinski definition) is 0. The van der Waals surface area contributed by atoms with Gasteiger partial charge in [0, 0.05) is 33.5 Å². The van der Waals surface area contributed by atoms with E-state index in [2.05, 4.69) is 6.58 Å². The van der Waals surface area contributed by atoms with E-state index in [1.54, 1.807) is 43.5 Å². The van der Waals surface area contributed by atoms with Gasteiger partial charge in [0.25, 0.3) is 0 Å². The molecule has 0 bridgehead atoms. The zero-order valence-electron chi connectivity index (χ0n) is 28.3. The van der Waals surface area contributed by atoms with Gasteiger partial charge in [0.15, 0.2) is 5.75 Å². The highest BCUT2D eigenvalue weighted by atomic mass is 17.2. The van der Waals surface area contributed by atoms with Crippen molar-refractivity contribution >= 4 is 5.97 Å². The topological polar surface area (TPSA) is 100 Å². The van der Waals surface area contributed by atoms with Crippen LogP contribution in [0.5, 0.6) is 17.2 Å². The summed E-state index contributed by atoms with van der Waals surface area (Å²) in [6, 6.07) is 20.0. The predicted molar refractivity (Wildman–Crippen MR) is 182 cm³/mol. The molecule has 0 aliphatic carbocycles. The number of methoxy groups -OCH3 is 1. The summed E-state index contributed by atoms with van der Waals surface area (Å²) in [5.41, 5.74) is 3.14. The van der Waals surface area contributed by atoms with Crippen LogP contribution in [-0.2, 0) is 42.1 Å². The molecule has 3 rings (SSSR count). The second-order valence-electron chi connectivity index (χ2n) is 11.0. The van der Waals surface area contributed by atoms with Gasteiger partial charge < -0.3 is 28.6 Å². The maximum atomic E-state index is 12.7. The van der Waals surface area contributed by atoms with E-state index in [-0.39, 0.29) is 6.61 Å². The van der Waals surface area contributed by atoms with Crippen LogP contribution < -0.4 is 14.4 Å². The number of rotatable bonds is 27. The van der Waals surface area contributed by atoms with E-state index in [9.17, 15) is 4.79 Å². The Bertz CT molecular complexity index is 1290. The molecule has 0 saturated carbocycles. The van der Waals surface area contributed by atoms with E-state index < -0.39 is 5.97 Å². The number of carbonyl (C=O) groups excluding carboxylic acids is 1. The van der Waals surface area contributed by atoms with Crippen molar-refractivity contribution in [2.24, 2.45) is 0 Å². The van der Waals surface area contributed by atoms with Crippen molar-refractivity contribution in [2.45, 2.75) is 58.7 Å². The first-order chi connectivity index (χ1) is 23.6. The average Bonchev–Trinajstić information content (AvgIpc) is 3.10. The Morgan fingerprint density at radius 3 is 2.06 bits per heavy atom. The van der Waals surface area contributed by atoms with Gasteiger partial charge in [-0.15, -0.1) is 6.58 Å². The Balaban J connectivity index is 1.28. The van der Waals surface area contributed by atoms with Crippen LogP contribution in [0.25, 0.3) is 0 Å². The third-order valence-corrected chi connectivity index (χ3v) is 6.99. The van der Waals surface area contributed by atoms with E-state index in [0.29, 0.717) is 69.9 Å². The van der Waals surface area contributed by atoms with Crippen LogP contribution in [-0.4, -0.2) is 59.3 Å². The monoisotopic (exact) mass is 666 g/mol. The molecule has 3 aromatic carbocycles. The van der Waals surface area contributed by atoms with Gasteiger partial charge >= 0.3 is 5.97 Å². The van der Waals surface area contributed by atoms with Crippen LogP contribution in [0, 0.1) is 6.92 Å². The summed E-state index contributed by atoms with van der Waals surface area (Å²) in [6.45, 7) is 10.5. The third kappa shape index (κ3) is 16.4. The van der Waals surface area contributed by atoms with Crippen molar-refractivity contribution < 1.29 is 48.0 Å². The fourth-order valence-electron chi connectivity index (χ4n) is 4.35. The summed E-state index contributed by atoms with van der Waals surface area (Å²) in [4.78, 5) is 33.6. The maximum absolute atomic E-state index is 12.7. The van der Waals surface area contributed by atoms with Gasteiger partial charge in [-0.25, -0.2) is 14.6 Å². The SMILES string of the molecule is C=CCOOCCCCCCOc1ccc(COOc2ccc(OC(=O)c3ccc(COCCCOCCCOC)cc3)cc2C)cc1. The zero-order chi connectivity index (χ0) is 34.1. The van der Waals surface area contributed by atoms with Crippen LogP contribution in [0.15, 0.2) is 79.4 Å². The van der Waals surface area contributed by atoms with Crippen LogP contribution in [0.1, 0.15) is 65.6 Å². The first kappa shape index (κ1) is 38.7. The van der Waals surface area contributed by atoms with Crippen LogP contribution in [0.3, 0.4) is 0 Å².